The van der Waals surface area contributed by atoms with Crippen molar-refractivity contribution in [3.8, 4) is 0 Å². The third-order valence-corrected chi connectivity index (χ3v) is 16.2. The first-order valence-corrected chi connectivity index (χ1v) is 35.6. The van der Waals surface area contributed by atoms with Crippen LogP contribution in [0.2, 0.25) is 0 Å². The molecule has 0 aromatic heterocycles. The lowest BCUT2D eigenvalue weighted by atomic mass is 10.0. The molecule has 0 saturated heterocycles. The van der Waals surface area contributed by atoms with E-state index in [1.807, 2.05) is 6.08 Å². The molecule has 0 spiro atoms. The fraction of sp³-hybridized carbons (Fsp3) is 0.838. The number of hydrogen-bond acceptors (Lipinski definition) is 5. The zero-order valence-electron chi connectivity index (χ0n) is 53.6. The van der Waals surface area contributed by atoms with E-state index in [0.717, 1.165) is 57.8 Å². The number of esters is 1. The van der Waals surface area contributed by atoms with Crippen LogP contribution in [-0.2, 0) is 14.3 Å². The van der Waals surface area contributed by atoms with Crippen LogP contribution in [0.25, 0.3) is 0 Å². The number of carbonyl (C=O) groups is 2. The summed E-state index contributed by atoms with van der Waals surface area (Å²) < 4.78 is 5.47. The molecule has 0 saturated carbocycles. The van der Waals surface area contributed by atoms with Crippen molar-refractivity contribution in [2.45, 2.75) is 386 Å². The Balaban J connectivity index is 3.43. The number of aliphatic hydroxyl groups excluding tert-OH is 2. The van der Waals surface area contributed by atoms with Crippen LogP contribution in [0.5, 0.6) is 0 Å². The zero-order valence-corrected chi connectivity index (χ0v) is 53.6. The molecule has 0 radical (unpaired) electrons. The normalized spacial score (nSPS) is 12.9. The monoisotopic (exact) mass is 1120 g/mol. The Labute approximate surface area is 499 Å². The first kappa shape index (κ1) is 77.6. The van der Waals surface area contributed by atoms with Gasteiger partial charge in [-0.1, -0.05) is 331 Å². The van der Waals surface area contributed by atoms with Crippen LogP contribution in [0.3, 0.4) is 0 Å². The van der Waals surface area contributed by atoms with E-state index in [1.54, 1.807) is 6.08 Å². The molecule has 80 heavy (non-hydrogen) atoms. The Morgan fingerprint density at radius 2 is 0.650 bits per heavy atom. The number of unbranched alkanes of at least 4 members (excludes halogenated alkanes) is 47. The molecule has 6 heteroatoms. The van der Waals surface area contributed by atoms with Gasteiger partial charge in [0.05, 0.1) is 25.4 Å². The van der Waals surface area contributed by atoms with E-state index in [-0.39, 0.29) is 18.5 Å². The average molecular weight is 1120 g/mol. The number of allylic oxidation sites excluding steroid dienone is 9. The van der Waals surface area contributed by atoms with E-state index in [9.17, 15) is 19.8 Å². The quantitative estimate of drug-likeness (QED) is 0.0320. The fourth-order valence-electron chi connectivity index (χ4n) is 10.8. The molecule has 6 nitrogen and oxygen atoms in total. The second-order valence-corrected chi connectivity index (χ2v) is 24.2. The Morgan fingerprint density at radius 3 is 1.00 bits per heavy atom. The first-order chi connectivity index (χ1) is 39.5. The number of carbonyl (C=O) groups excluding carboxylic acids is 2. The number of amides is 1. The summed E-state index contributed by atoms with van der Waals surface area (Å²) >= 11 is 0. The van der Waals surface area contributed by atoms with Gasteiger partial charge in [-0.25, -0.2) is 0 Å². The molecule has 0 fully saturated rings. The van der Waals surface area contributed by atoms with Crippen molar-refractivity contribution < 1.29 is 24.5 Å². The second-order valence-electron chi connectivity index (χ2n) is 24.2. The molecule has 0 rings (SSSR count). The van der Waals surface area contributed by atoms with Crippen molar-refractivity contribution in [2.75, 3.05) is 13.2 Å². The van der Waals surface area contributed by atoms with Crippen LogP contribution in [-0.4, -0.2) is 47.4 Å². The van der Waals surface area contributed by atoms with Gasteiger partial charge in [0.15, 0.2) is 0 Å². The molecular formula is C74H137NO5. The number of ether oxygens (including phenoxy) is 1. The Bertz CT molecular complexity index is 1380. The highest BCUT2D eigenvalue weighted by Crippen LogP contribution is 2.18. The lowest BCUT2D eigenvalue weighted by molar-refractivity contribution is -0.143. The molecular weight excluding hydrogens is 983 g/mol. The fourth-order valence-corrected chi connectivity index (χ4v) is 10.8. The van der Waals surface area contributed by atoms with Crippen molar-refractivity contribution in [1.29, 1.82) is 0 Å². The molecule has 2 unspecified atom stereocenters. The third-order valence-electron chi connectivity index (χ3n) is 16.2. The molecule has 468 valence electrons. The van der Waals surface area contributed by atoms with Crippen molar-refractivity contribution in [1.82, 2.24) is 5.32 Å². The van der Waals surface area contributed by atoms with Crippen LogP contribution in [0.15, 0.2) is 60.8 Å². The molecule has 2 atom stereocenters. The first-order valence-electron chi connectivity index (χ1n) is 35.6. The van der Waals surface area contributed by atoms with Crippen LogP contribution in [0.4, 0.5) is 0 Å². The number of aliphatic hydroxyl groups is 2. The maximum Gasteiger partial charge on any atom is 0.305 e. The van der Waals surface area contributed by atoms with Crippen molar-refractivity contribution >= 4 is 11.9 Å². The van der Waals surface area contributed by atoms with Gasteiger partial charge in [0.2, 0.25) is 5.91 Å². The highest BCUT2D eigenvalue weighted by Gasteiger charge is 2.18. The van der Waals surface area contributed by atoms with E-state index in [2.05, 4.69) is 67.8 Å². The smallest absolute Gasteiger partial charge is 0.305 e. The summed E-state index contributed by atoms with van der Waals surface area (Å²) in [6.45, 7) is 4.85. The summed E-state index contributed by atoms with van der Waals surface area (Å²) in [5.41, 5.74) is 0. The SMILES string of the molecule is CCC/C=C\C/C=C\CCCCCCCC(=O)OCCCCCCCCCCC/C=C\C/C=C\CCCCCCCCCCCCCCCCCC(=O)NC(CO)C(O)/C=C/CCCCCCCCCCCCCCCCCCC. The highest BCUT2D eigenvalue weighted by atomic mass is 16.5. The Kier molecular flexibility index (Phi) is 66.9. The summed E-state index contributed by atoms with van der Waals surface area (Å²) in [6, 6.07) is -0.629. The van der Waals surface area contributed by atoms with Crippen molar-refractivity contribution in [3.63, 3.8) is 0 Å². The van der Waals surface area contributed by atoms with Gasteiger partial charge in [0, 0.05) is 12.8 Å². The largest absolute Gasteiger partial charge is 0.466 e. The topological polar surface area (TPSA) is 95.9 Å². The standard InChI is InChI=1S/C74H137NO5/c1-3-5-7-9-11-13-15-17-18-19-33-36-39-43-46-50-54-58-62-66-72(77)71(70-76)75-73(78)67-63-59-55-51-47-44-40-37-34-31-29-27-25-23-21-20-22-24-26-28-30-32-35-38-41-45-49-53-57-61-65-69-80-74(79)68-64-60-56-52-48-42-16-14-12-10-8-6-4-2/h8,10,14,16,22,24,28,30,62,66,71-72,76-77H,3-7,9,11-13,15,17-21,23,25-27,29,31-61,63-65,67-70H2,1-2H3,(H,75,78)/b10-8-,16-14-,24-22-,30-28-,66-62+. The van der Waals surface area contributed by atoms with Crippen molar-refractivity contribution in [3.05, 3.63) is 60.8 Å². The molecule has 3 N–H and O–H groups in total. The number of nitrogens with one attached hydrogen (secondary N) is 1. The lowest BCUT2D eigenvalue weighted by Gasteiger charge is -2.20. The molecule has 0 aliphatic rings. The average Bonchev–Trinajstić information content (AvgIpc) is 3.46. The number of hydrogen-bond donors (Lipinski definition) is 3. The maximum absolute atomic E-state index is 12.5. The van der Waals surface area contributed by atoms with E-state index < -0.39 is 12.1 Å². The van der Waals surface area contributed by atoms with E-state index in [1.165, 1.54) is 289 Å². The predicted molar refractivity (Wildman–Crippen MR) is 352 cm³/mol. The van der Waals surface area contributed by atoms with Gasteiger partial charge in [-0.2, -0.15) is 0 Å². The molecule has 1 amide bonds. The molecule has 0 aliphatic heterocycles. The molecule has 0 aromatic rings. The summed E-state index contributed by atoms with van der Waals surface area (Å²) in [4.78, 5) is 24.5. The summed E-state index contributed by atoms with van der Waals surface area (Å²) in [7, 11) is 0. The van der Waals surface area contributed by atoms with Gasteiger partial charge in [0.25, 0.3) is 0 Å². The van der Waals surface area contributed by atoms with Gasteiger partial charge in [-0.15, -0.1) is 0 Å². The Morgan fingerprint density at radius 1 is 0.350 bits per heavy atom. The molecule has 0 heterocycles. The molecule has 0 aliphatic carbocycles. The van der Waals surface area contributed by atoms with Gasteiger partial charge < -0.3 is 20.3 Å². The van der Waals surface area contributed by atoms with Gasteiger partial charge >= 0.3 is 5.97 Å². The molecule has 0 aromatic carbocycles. The van der Waals surface area contributed by atoms with Gasteiger partial charge in [-0.3, -0.25) is 9.59 Å². The minimum absolute atomic E-state index is 0.00273. The lowest BCUT2D eigenvalue weighted by Crippen LogP contribution is -2.45. The van der Waals surface area contributed by atoms with Crippen LogP contribution in [0, 0.1) is 0 Å². The Hall–Kier alpha value is -2.44. The van der Waals surface area contributed by atoms with E-state index in [0.29, 0.717) is 19.4 Å². The minimum Gasteiger partial charge on any atom is -0.466 e. The minimum atomic E-state index is -0.846. The van der Waals surface area contributed by atoms with Crippen LogP contribution < -0.4 is 5.32 Å². The van der Waals surface area contributed by atoms with Gasteiger partial charge in [-0.05, 0) is 89.9 Å². The number of rotatable bonds is 66. The second kappa shape index (κ2) is 69.1. The van der Waals surface area contributed by atoms with Gasteiger partial charge in [0.1, 0.15) is 0 Å². The zero-order chi connectivity index (χ0) is 57.8. The summed E-state index contributed by atoms with van der Waals surface area (Å²) in [6.07, 6.45) is 91.6. The summed E-state index contributed by atoms with van der Waals surface area (Å²) in [5.74, 6) is -0.0676. The maximum atomic E-state index is 12.5. The van der Waals surface area contributed by atoms with Crippen LogP contribution >= 0.6 is 0 Å². The van der Waals surface area contributed by atoms with Crippen molar-refractivity contribution in [2.24, 2.45) is 0 Å². The van der Waals surface area contributed by atoms with E-state index in [4.69, 9.17) is 4.74 Å². The third kappa shape index (κ3) is 64.7. The highest BCUT2D eigenvalue weighted by molar-refractivity contribution is 5.76. The molecule has 0 bridgehead atoms. The van der Waals surface area contributed by atoms with E-state index >= 15 is 0 Å². The van der Waals surface area contributed by atoms with Crippen LogP contribution in [0.1, 0.15) is 373 Å². The summed E-state index contributed by atoms with van der Waals surface area (Å²) in [5, 5.41) is 23.2. The predicted octanol–water partition coefficient (Wildman–Crippen LogP) is 23.0.